The van der Waals surface area contributed by atoms with E-state index in [0.29, 0.717) is 12.4 Å². The number of hydrogen-bond donors (Lipinski definition) is 1. The molecule has 0 spiro atoms. The van der Waals surface area contributed by atoms with Crippen LogP contribution in [0.1, 0.15) is 25.0 Å². The van der Waals surface area contributed by atoms with Crippen molar-refractivity contribution in [2.45, 2.75) is 32.9 Å². The number of aromatic nitrogens is 5. The lowest BCUT2D eigenvalue weighted by molar-refractivity contribution is 0.555. The van der Waals surface area contributed by atoms with Gasteiger partial charge in [-0.1, -0.05) is 6.92 Å². The number of rotatable bonds is 3. The summed E-state index contributed by atoms with van der Waals surface area (Å²) in [5, 5.41) is 8.04. The molecule has 2 N–H and O–H groups in total. The van der Waals surface area contributed by atoms with Crippen LogP contribution in [0.15, 0.2) is 12.4 Å². The summed E-state index contributed by atoms with van der Waals surface area (Å²) in [4.78, 5) is 11.0. The van der Waals surface area contributed by atoms with Gasteiger partial charge in [0.05, 0.1) is 6.54 Å². The fourth-order valence-electron chi connectivity index (χ4n) is 2.26. The van der Waals surface area contributed by atoms with Crippen molar-refractivity contribution in [1.82, 2.24) is 24.7 Å². The number of fused-ring (bicyclic) bond motifs is 1. The van der Waals surface area contributed by atoms with Gasteiger partial charge in [-0.3, -0.25) is 0 Å². The zero-order chi connectivity index (χ0) is 13.2. The van der Waals surface area contributed by atoms with Crippen LogP contribution in [0.4, 0.5) is 11.6 Å². The van der Waals surface area contributed by atoms with Gasteiger partial charge in [0.25, 0.3) is 0 Å². The Kier molecular flexibility index (Phi) is 3.02. The maximum atomic E-state index is 5.86. The Labute approximate surface area is 111 Å². The van der Waals surface area contributed by atoms with Gasteiger partial charge in [0.1, 0.15) is 23.8 Å². The van der Waals surface area contributed by atoms with Gasteiger partial charge >= 0.3 is 0 Å². The highest BCUT2D eigenvalue weighted by Crippen LogP contribution is 2.19. The number of anilines is 2. The van der Waals surface area contributed by atoms with Crippen LogP contribution in [0.5, 0.6) is 0 Å². The molecule has 7 nitrogen and oxygen atoms in total. The Bertz CT molecular complexity index is 577. The standard InChI is InChI=1S/C12H17N7/c1-2-3-10-15-9(13)6-11(16-10)18-4-5-19-8-14-17-12(19)7-18/h6,8H,2-5,7H2,1H3,(H2,13,15,16). The van der Waals surface area contributed by atoms with Gasteiger partial charge in [-0.15, -0.1) is 10.2 Å². The summed E-state index contributed by atoms with van der Waals surface area (Å²) in [6.07, 6.45) is 3.63. The van der Waals surface area contributed by atoms with Crippen molar-refractivity contribution in [2.24, 2.45) is 0 Å². The van der Waals surface area contributed by atoms with Gasteiger partial charge in [-0.05, 0) is 6.42 Å². The molecule has 3 heterocycles. The van der Waals surface area contributed by atoms with Gasteiger partial charge < -0.3 is 15.2 Å². The highest BCUT2D eigenvalue weighted by molar-refractivity contribution is 5.47. The van der Waals surface area contributed by atoms with Gasteiger partial charge in [-0.25, -0.2) is 9.97 Å². The molecule has 0 saturated heterocycles. The first-order chi connectivity index (χ1) is 9.26. The molecule has 19 heavy (non-hydrogen) atoms. The normalized spacial score (nSPS) is 14.5. The summed E-state index contributed by atoms with van der Waals surface area (Å²) >= 11 is 0. The summed E-state index contributed by atoms with van der Waals surface area (Å²) in [5.74, 6) is 3.18. The van der Waals surface area contributed by atoms with Crippen molar-refractivity contribution in [3.63, 3.8) is 0 Å². The third-order valence-electron chi connectivity index (χ3n) is 3.22. The zero-order valence-electron chi connectivity index (χ0n) is 11.0. The Hall–Kier alpha value is -2.18. The quantitative estimate of drug-likeness (QED) is 0.869. The molecule has 3 rings (SSSR count). The summed E-state index contributed by atoms with van der Waals surface area (Å²) < 4.78 is 2.06. The van der Waals surface area contributed by atoms with Gasteiger partial charge in [0, 0.05) is 25.6 Å². The number of nitrogens with zero attached hydrogens (tertiary/aromatic N) is 6. The van der Waals surface area contributed by atoms with Crippen molar-refractivity contribution in [3.05, 3.63) is 24.0 Å². The van der Waals surface area contributed by atoms with Crippen molar-refractivity contribution in [3.8, 4) is 0 Å². The van der Waals surface area contributed by atoms with Crippen molar-refractivity contribution >= 4 is 11.6 Å². The molecule has 0 amide bonds. The minimum Gasteiger partial charge on any atom is -0.384 e. The van der Waals surface area contributed by atoms with Crippen LogP contribution in [0.2, 0.25) is 0 Å². The fraction of sp³-hybridized carbons (Fsp3) is 0.500. The van der Waals surface area contributed by atoms with Crippen LogP contribution in [-0.2, 0) is 19.5 Å². The second-order valence-electron chi connectivity index (χ2n) is 4.68. The first kappa shape index (κ1) is 11.9. The Morgan fingerprint density at radius 3 is 3.05 bits per heavy atom. The number of nitrogen functional groups attached to an aromatic ring is 1. The first-order valence-electron chi connectivity index (χ1n) is 6.51. The molecule has 0 fully saturated rings. The Morgan fingerprint density at radius 2 is 2.21 bits per heavy atom. The van der Waals surface area contributed by atoms with Gasteiger partial charge in [0.2, 0.25) is 0 Å². The maximum Gasteiger partial charge on any atom is 0.152 e. The Morgan fingerprint density at radius 1 is 1.32 bits per heavy atom. The molecule has 7 heteroatoms. The van der Waals surface area contributed by atoms with E-state index in [2.05, 4.69) is 36.6 Å². The number of hydrogen-bond acceptors (Lipinski definition) is 6. The summed E-state index contributed by atoms with van der Waals surface area (Å²) in [5.41, 5.74) is 5.86. The average Bonchev–Trinajstić information content (AvgIpc) is 2.85. The molecule has 0 aliphatic carbocycles. The van der Waals surface area contributed by atoms with E-state index in [-0.39, 0.29) is 0 Å². The second kappa shape index (κ2) is 4.83. The SMILES string of the molecule is CCCc1nc(N)cc(N2CCn3cnnc3C2)n1. The van der Waals surface area contributed by atoms with Crippen molar-refractivity contribution < 1.29 is 0 Å². The largest absolute Gasteiger partial charge is 0.384 e. The topological polar surface area (TPSA) is 85.8 Å². The van der Waals surface area contributed by atoms with E-state index >= 15 is 0 Å². The first-order valence-corrected chi connectivity index (χ1v) is 6.51. The number of aryl methyl sites for hydroxylation is 1. The van der Waals surface area contributed by atoms with E-state index in [9.17, 15) is 0 Å². The lowest BCUT2D eigenvalue weighted by Gasteiger charge is -2.28. The smallest absolute Gasteiger partial charge is 0.152 e. The van der Waals surface area contributed by atoms with E-state index in [0.717, 1.165) is 43.4 Å². The molecular weight excluding hydrogens is 242 g/mol. The molecule has 1 aliphatic heterocycles. The van der Waals surface area contributed by atoms with Crippen molar-refractivity contribution in [2.75, 3.05) is 17.2 Å². The molecule has 0 atom stereocenters. The number of nitrogens with two attached hydrogens (primary N) is 1. The highest BCUT2D eigenvalue weighted by atomic mass is 15.3. The molecule has 0 bridgehead atoms. The van der Waals surface area contributed by atoms with Crippen LogP contribution in [0, 0.1) is 0 Å². The van der Waals surface area contributed by atoms with Crippen LogP contribution < -0.4 is 10.6 Å². The zero-order valence-corrected chi connectivity index (χ0v) is 11.0. The molecule has 100 valence electrons. The van der Waals surface area contributed by atoms with Crippen LogP contribution in [0.25, 0.3) is 0 Å². The highest BCUT2D eigenvalue weighted by Gasteiger charge is 2.19. The summed E-state index contributed by atoms with van der Waals surface area (Å²) in [6, 6.07) is 1.82. The summed E-state index contributed by atoms with van der Waals surface area (Å²) in [6.45, 7) is 4.57. The van der Waals surface area contributed by atoms with E-state index in [1.54, 1.807) is 6.33 Å². The van der Waals surface area contributed by atoms with E-state index < -0.39 is 0 Å². The minimum absolute atomic E-state index is 0.528. The van der Waals surface area contributed by atoms with Crippen LogP contribution >= 0.6 is 0 Å². The maximum absolute atomic E-state index is 5.86. The van der Waals surface area contributed by atoms with Gasteiger partial charge in [-0.2, -0.15) is 0 Å². The minimum atomic E-state index is 0.528. The average molecular weight is 259 g/mol. The third kappa shape index (κ3) is 2.35. The Balaban J connectivity index is 1.87. The predicted molar refractivity (Wildman–Crippen MR) is 71.5 cm³/mol. The van der Waals surface area contributed by atoms with Crippen LogP contribution in [-0.4, -0.2) is 31.3 Å². The molecule has 2 aromatic rings. The lowest BCUT2D eigenvalue weighted by Crippen LogP contribution is -2.34. The predicted octanol–water partition coefficient (Wildman–Crippen LogP) is 0.623. The third-order valence-corrected chi connectivity index (χ3v) is 3.22. The molecule has 0 unspecified atom stereocenters. The monoisotopic (exact) mass is 259 g/mol. The van der Waals surface area contributed by atoms with Crippen molar-refractivity contribution in [1.29, 1.82) is 0 Å². The fourth-order valence-corrected chi connectivity index (χ4v) is 2.26. The molecular formula is C12H17N7. The lowest BCUT2D eigenvalue weighted by atomic mass is 10.3. The molecule has 0 saturated carbocycles. The van der Waals surface area contributed by atoms with E-state index in [4.69, 9.17) is 5.73 Å². The van der Waals surface area contributed by atoms with E-state index in [1.807, 2.05) is 6.07 Å². The molecule has 0 radical (unpaired) electrons. The molecule has 1 aliphatic rings. The van der Waals surface area contributed by atoms with E-state index in [1.165, 1.54) is 0 Å². The van der Waals surface area contributed by atoms with Crippen LogP contribution in [0.3, 0.4) is 0 Å². The van der Waals surface area contributed by atoms with Gasteiger partial charge in [0.15, 0.2) is 5.82 Å². The summed E-state index contributed by atoms with van der Waals surface area (Å²) in [7, 11) is 0. The second-order valence-corrected chi connectivity index (χ2v) is 4.68. The molecule has 0 aromatic carbocycles. The molecule has 2 aromatic heterocycles.